The maximum Gasteiger partial charge on any atom is 0.338 e. The van der Waals surface area contributed by atoms with E-state index in [0.717, 1.165) is 40.4 Å². The van der Waals surface area contributed by atoms with Crippen LogP contribution in [-0.2, 0) is 16.1 Å². The van der Waals surface area contributed by atoms with Crippen LogP contribution in [0.1, 0.15) is 34.5 Å². The molecular formula is C37H26BrIN2O4S2. The molecule has 4 aromatic carbocycles. The summed E-state index contributed by atoms with van der Waals surface area (Å²) in [6.07, 6.45) is 1.86. The molecule has 0 N–H and O–H groups in total. The molecule has 0 fully saturated rings. The van der Waals surface area contributed by atoms with Crippen LogP contribution in [0.4, 0.5) is 0 Å². The first-order valence-corrected chi connectivity index (χ1v) is 18.4. The highest BCUT2D eigenvalue weighted by molar-refractivity contribution is 14.1. The lowest BCUT2D eigenvalue weighted by Crippen LogP contribution is -2.39. The Hall–Kier alpha value is -3.84. The molecule has 2 aromatic heterocycles. The van der Waals surface area contributed by atoms with E-state index in [1.807, 2.05) is 84.3 Å². The molecule has 0 bridgehead atoms. The zero-order chi connectivity index (χ0) is 32.5. The van der Waals surface area contributed by atoms with Gasteiger partial charge in [0, 0.05) is 20.5 Å². The summed E-state index contributed by atoms with van der Waals surface area (Å²) in [4.78, 5) is 34.3. The van der Waals surface area contributed by atoms with Gasteiger partial charge in [0.25, 0.3) is 5.56 Å². The molecule has 0 radical (unpaired) electrons. The molecule has 6 aromatic rings. The highest BCUT2D eigenvalue weighted by Crippen LogP contribution is 2.37. The monoisotopic (exact) mass is 832 g/mol. The largest absolute Gasteiger partial charge is 0.487 e. The Balaban J connectivity index is 1.38. The molecule has 47 heavy (non-hydrogen) atoms. The molecule has 0 aliphatic carbocycles. The van der Waals surface area contributed by atoms with Crippen molar-refractivity contribution in [3.05, 3.63) is 157 Å². The number of thiophene rings is 1. The molecule has 1 aliphatic rings. The second-order valence-corrected chi connectivity index (χ2v) is 14.7. The molecule has 0 saturated carbocycles. The van der Waals surface area contributed by atoms with Crippen molar-refractivity contribution in [1.82, 2.24) is 4.57 Å². The fourth-order valence-corrected chi connectivity index (χ4v) is 9.23. The second kappa shape index (κ2) is 13.7. The van der Waals surface area contributed by atoms with Crippen molar-refractivity contribution in [3.8, 4) is 5.75 Å². The number of esters is 1. The third-order valence-corrected chi connectivity index (χ3v) is 10.9. The van der Waals surface area contributed by atoms with E-state index in [9.17, 15) is 9.59 Å². The van der Waals surface area contributed by atoms with Crippen molar-refractivity contribution < 1.29 is 14.3 Å². The maximum absolute atomic E-state index is 14.4. The maximum atomic E-state index is 14.4. The average molecular weight is 834 g/mol. The summed E-state index contributed by atoms with van der Waals surface area (Å²) in [6.45, 7) is 2.34. The van der Waals surface area contributed by atoms with Crippen molar-refractivity contribution >= 4 is 89.7 Å². The van der Waals surface area contributed by atoms with E-state index in [1.165, 1.54) is 22.7 Å². The zero-order valence-electron chi connectivity index (χ0n) is 25.0. The lowest BCUT2D eigenvalue weighted by Gasteiger charge is -2.24. The lowest BCUT2D eigenvalue weighted by atomic mass is 9.97. The molecule has 7 rings (SSSR count). The number of aromatic nitrogens is 1. The predicted octanol–water partition coefficient (Wildman–Crippen LogP) is 8.10. The normalized spacial score (nSPS) is 14.6. The minimum Gasteiger partial charge on any atom is -0.487 e. The van der Waals surface area contributed by atoms with Gasteiger partial charge in [0.05, 0.1) is 26.0 Å². The first kappa shape index (κ1) is 31.7. The first-order chi connectivity index (χ1) is 22.9. The standard InChI is InChI=1S/C37H26BrIN2O4S2/c1-2-44-36(43)31-32(23-11-4-3-5-12-23)40-37-41(33(31)29-16-9-17-46-29)35(42)30(47-37)19-25-18-26(38)20-28(39)34(25)45-21-24-14-8-13-22-10-6-7-15-27(22)24/h3-20,33H,2,21H2,1H3/b30-19-/t33-/m0/s1. The molecule has 6 nitrogen and oxygen atoms in total. The average Bonchev–Trinajstić information content (AvgIpc) is 3.72. The number of carbonyl (C=O) groups is 1. The number of hydrogen-bond donors (Lipinski definition) is 0. The van der Waals surface area contributed by atoms with Crippen LogP contribution >= 0.6 is 61.2 Å². The van der Waals surface area contributed by atoms with Crippen LogP contribution in [-0.4, -0.2) is 17.1 Å². The fourth-order valence-electron chi connectivity index (χ4n) is 5.71. The minimum atomic E-state index is -0.688. The topological polar surface area (TPSA) is 69.9 Å². The predicted molar refractivity (Wildman–Crippen MR) is 201 cm³/mol. The molecular weight excluding hydrogens is 807 g/mol. The number of rotatable bonds is 8. The Bertz CT molecular complexity index is 2340. The van der Waals surface area contributed by atoms with Crippen molar-refractivity contribution in [2.75, 3.05) is 6.61 Å². The van der Waals surface area contributed by atoms with Gasteiger partial charge in [0.2, 0.25) is 0 Å². The molecule has 0 unspecified atom stereocenters. The van der Waals surface area contributed by atoms with Gasteiger partial charge in [-0.3, -0.25) is 9.36 Å². The Labute approximate surface area is 300 Å². The van der Waals surface area contributed by atoms with Gasteiger partial charge in [0.15, 0.2) is 4.80 Å². The Morgan fingerprint density at radius 3 is 2.60 bits per heavy atom. The number of benzene rings is 4. The van der Waals surface area contributed by atoms with E-state index in [4.69, 9.17) is 14.5 Å². The van der Waals surface area contributed by atoms with Gasteiger partial charge in [-0.15, -0.1) is 11.3 Å². The fraction of sp³-hybridized carbons (Fsp3) is 0.108. The van der Waals surface area contributed by atoms with Gasteiger partial charge < -0.3 is 9.47 Å². The summed E-state index contributed by atoms with van der Waals surface area (Å²) in [5.41, 5.74) is 3.22. The van der Waals surface area contributed by atoms with Gasteiger partial charge in [-0.05, 0) is 75.5 Å². The minimum absolute atomic E-state index is 0.203. The van der Waals surface area contributed by atoms with Crippen LogP contribution in [0.2, 0.25) is 0 Å². The quantitative estimate of drug-likeness (QED) is 0.115. The molecule has 3 heterocycles. The van der Waals surface area contributed by atoms with Crippen LogP contribution in [0.5, 0.6) is 5.75 Å². The van der Waals surface area contributed by atoms with Crippen molar-refractivity contribution in [2.45, 2.75) is 19.6 Å². The zero-order valence-corrected chi connectivity index (χ0v) is 30.4. The van der Waals surface area contributed by atoms with Crippen LogP contribution in [0.15, 0.2) is 122 Å². The lowest BCUT2D eigenvalue weighted by molar-refractivity contribution is -0.138. The van der Waals surface area contributed by atoms with Crippen molar-refractivity contribution in [3.63, 3.8) is 0 Å². The van der Waals surface area contributed by atoms with E-state index in [1.54, 1.807) is 11.5 Å². The first-order valence-electron chi connectivity index (χ1n) is 14.8. The summed E-state index contributed by atoms with van der Waals surface area (Å²) in [5, 5.41) is 4.23. The van der Waals surface area contributed by atoms with Gasteiger partial charge in [0.1, 0.15) is 18.4 Å². The third-order valence-electron chi connectivity index (χ3n) is 7.76. The molecule has 1 atom stereocenters. The molecule has 0 saturated heterocycles. The molecule has 0 spiro atoms. The molecule has 1 aliphatic heterocycles. The van der Waals surface area contributed by atoms with Crippen LogP contribution in [0, 0.1) is 3.57 Å². The summed E-state index contributed by atoms with van der Waals surface area (Å²) < 4.78 is 15.9. The van der Waals surface area contributed by atoms with Gasteiger partial charge >= 0.3 is 5.97 Å². The van der Waals surface area contributed by atoms with E-state index >= 15 is 0 Å². The highest BCUT2D eigenvalue weighted by atomic mass is 127. The SMILES string of the molecule is CCOC(=O)C1=C(c2ccccc2)N=c2s/c(=C\c3cc(Br)cc(I)c3OCc3cccc4ccccc34)c(=O)n2[C@H]1c1cccs1. The number of fused-ring (bicyclic) bond motifs is 2. The number of ether oxygens (including phenoxy) is 2. The molecule has 10 heteroatoms. The summed E-state index contributed by atoms with van der Waals surface area (Å²) >= 11 is 8.68. The van der Waals surface area contributed by atoms with Crippen LogP contribution < -0.4 is 19.6 Å². The highest BCUT2D eigenvalue weighted by Gasteiger charge is 2.35. The number of hydrogen-bond acceptors (Lipinski definition) is 7. The van der Waals surface area contributed by atoms with Gasteiger partial charge in [-0.1, -0.05) is 106 Å². The second-order valence-electron chi connectivity index (χ2n) is 10.7. The third kappa shape index (κ3) is 6.27. The smallest absolute Gasteiger partial charge is 0.338 e. The van der Waals surface area contributed by atoms with E-state index < -0.39 is 12.0 Å². The van der Waals surface area contributed by atoms with Gasteiger partial charge in [-0.25, -0.2) is 9.79 Å². The number of thiazole rings is 1. The van der Waals surface area contributed by atoms with Crippen molar-refractivity contribution in [2.24, 2.45) is 4.99 Å². The Kier molecular flexibility index (Phi) is 9.26. The summed E-state index contributed by atoms with van der Waals surface area (Å²) in [7, 11) is 0. The van der Waals surface area contributed by atoms with E-state index in [0.29, 0.717) is 33.0 Å². The van der Waals surface area contributed by atoms with Crippen molar-refractivity contribution in [1.29, 1.82) is 0 Å². The van der Waals surface area contributed by atoms with Gasteiger partial charge in [-0.2, -0.15) is 0 Å². The number of nitrogens with zero attached hydrogens (tertiary/aromatic N) is 2. The Morgan fingerprint density at radius 2 is 1.81 bits per heavy atom. The summed E-state index contributed by atoms with van der Waals surface area (Å²) in [5.74, 6) is 0.188. The summed E-state index contributed by atoms with van der Waals surface area (Å²) in [6, 6.07) is 31.1. The van der Waals surface area contributed by atoms with Crippen LogP contribution in [0.25, 0.3) is 22.5 Å². The van der Waals surface area contributed by atoms with E-state index in [-0.39, 0.29) is 12.2 Å². The Morgan fingerprint density at radius 1 is 1.02 bits per heavy atom. The number of halogens is 2. The van der Waals surface area contributed by atoms with E-state index in [2.05, 4.69) is 62.8 Å². The number of carbonyl (C=O) groups excluding carboxylic acids is 1. The van der Waals surface area contributed by atoms with Crippen LogP contribution in [0.3, 0.4) is 0 Å². The molecule has 234 valence electrons. The molecule has 0 amide bonds.